The predicted octanol–water partition coefficient (Wildman–Crippen LogP) is 3.01. The third-order valence-corrected chi connectivity index (χ3v) is 7.52. The lowest BCUT2D eigenvalue weighted by Gasteiger charge is -2.55. The average molecular weight is 404 g/mol. The molecule has 7 heteroatoms. The van der Waals surface area contributed by atoms with Crippen LogP contribution in [0.5, 0.6) is 0 Å². The van der Waals surface area contributed by atoms with Crippen molar-refractivity contribution >= 4 is 11.9 Å². The van der Waals surface area contributed by atoms with Gasteiger partial charge in [-0.05, 0) is 58.3 Å². The summed E-state index contributed by atoms with van der Waals surface area (Å²) in [4.78, 5) is 19.7. The molecule has 0 aliphatic carbocycles. The zero-order chi connectivity index (χ0) is 20.2. The zero-order valence-electron chi connectivity index (χ0n) is 17.5. The smallest absolute Gasteiger partial charge is 0.313 e. The fourth-order valence-corrected chi connectivity index (χ4v) is 6.30. The van der Waals surface area contributed by atoms with Crippen molar-refractivity contribution in [3.63, 3.8) is 0 Å². The summed E-state index contributed by atoms with van der Waals surface area (Å²) in [5.74, 6) is -0.601. The van der Waals surface area contributed by atoms with Gasteiger partial charge in [-0.1, -0.05) is 19.1 Å². The van der Waals surface area contributed by atoms with Gasteiger partial charge in [0.2, 0.25) is 0 Å². The SMILES string of the molecule is CCC1C=CCCC2(CC3CCC4C(C(=O)O)C5(CCCC(C)O5)N=C(N2)N34)O1. The molecule has 5 aliphatic rings. The van der Waals surface area contributed by atoms with Crippen molar-refractivity contribution in [2.45, 2.75) is 107 Å². The largest absolute Gasteiger partial charge is 0.481 e. The number of hydrogen-bond acceptors (Lipinski definition) is 6. The van der Waals surface area contributed by atoms with E-state index >= 15 is 0 Å². The van der Waals surface area contributed by atoms with Crippen molar-refractivity contribution in [3.8, 4) is 0 Å². The van der Waals surface area contributed by atoms with Crippen LogP contribution in [0.4, 0.5) is 0 Å². The van der Waals surface area contributed by atoms with Gasteiger partial charge < -0.3 is 24.8 Å². The van der Waals surface area contributed by atoms with E-state index in [1.165, 1.54) is 0 Å². The molecule has 7 unspecified atom stereocenters. The molecular formula is C22H33N3O4. The molecule has 0 amide bonds. The normalized spacial score (nSPS) is 46.2. The number of rotatable bonds is 2. The third kappa shape index (κ3) is 3.08. The Balaban J connectivity index is 1.54. The minimum Gasteiger partial charge on any atom is -0.481 e. The van der Waals surface area contributed by atoms with Gasteiger partial charge in [-0.15, -0.1) is 0 Å². The van der Waals surface area contributed by atoms with Crippen LogP contribution >= 0.6 is 0 Å². The highest BCUT2D eigenvalue weighted by molar-refractivity contribution is 5.86. The molecule has 2 spiro atoms. The van der Waals surface area contributed by atoms with Gasteiger partial charge in [-0.3, -0.25) is 4.79 Å². The Morgan fingerprint density at radius 1 is 1.34 bits per heavy atom. The number of aliphatic carboxylic acids is 1. The van der Waals surface area contributed by atoms with Gasteiger partial charge in [0.05, 0.1) is 18.2 Å². The van der Waals surface area contributed by atoms with Crippen LogP contribution in [0.3, 0.4) is 0 Å². The van der Waals surface area contributed by atoms with Crippen LogP contribution in [0.25, 0.3) is 0 Å². The van der Waals surface area contributed by atoms with E-state index in [0.29, 0.717) is 6.42 Å². The fourth-order valence-electron chi connectivity index (χ4n) is 6.30. The van der Waals surface area contributed by atoms with E-state index < -0.39 is 23.3 Å². The highest BCUT2D eigenvalue weighted by Gasteiger charge is 2.61. The molecule has 160 valence electrons. The highest BCUT2D eigenvalue weighted by atomic mass is 16.5. The number of hydrogen-bond donors (Lipinski definition) is 2. The first kappa shape index (κ1) is 19.4. The summed E-state index contributed by atoms with van der Waals surface area (Å²) in [6.45, 7) is 4.18. The molecule has 29 heavy (non-hydrogen) atoms. The van der Waals surface area contributed by atoms with Crippen LogP contribution in [0.2, 0.25) is 0 Å². The number of nitrogens with zero attached hydrogens (tertiary/aromatic N) is 2. The molecular weight excluding hydrogens is 370 g/mol. The highest BCUT2D eigenvalue weighted by Crippen LogP contribution is 2.49. The molecule has 5 heterocycles. The second-order valence-electron chi connectivity index (χ2n) is 9.48. The van der Waals surface area contributed by atoms with Crippen LogP contribution in [-0.4, -0.2) is 57.7 Å². The number of carbonyl (C=O) groups is 1. The minimum absolute atomic E-state index is 0.0269. The first-order chi connectivity index (χ1) is 14.0. The number of aliphatic imine (C=N–C) groups is 1. The molecule has 3 saturated heterocycles. The Kier molecular flexibility index (Phi) is 4.66. The molecule has 2 N–H and O–H groups in total. The summed E-state index contributed by atoms with van der Waals surface area (Å²) in [7, 11) is 0. The van der Waals surface area contributed by atoms with Gasteiger partial charge >= 0.3 is 5.97 Å². The van der Waals surface area contributed by atoms with Gasteiger partial charge in [0.15, 0.2) is 11.7 Å². The molecule has 7 nitrogen and oxygen atoms in total. The quantitative estimate of drug-likeness (QED) is 0.690. The summed E-state index contributed by atoms with van der Waals surface area (Å²) in [5.41, 5.74) is -1.40. The van der Waals surface area contributed by atoms with E-state index in [1.807, 2.05) is 6.92 Å². The van der Waals surface area contributed by atoms with E-state index in [-0.39, 0.29) is 24.3 Å². The van der Waals surface area contributed by atoms with E-state index in [9.17, 15) is 9.90 Å². The summed E-state index contributed by atoms with van der Waals surface area (Å²) >= 11 is 0. The molecule has 7 atom stereocenters. The van der Waals surface area contributed by atoms with Gasteiger partial charge in [0.1, 0.15) is 11.6 Å². The molecule has 0 saturated carbocycles. The summed E-state index contributed by atoms with van der Waals surface area (Å²) < 4.78 is 12.9. The lowest BCUT2D eigenvalue weighted by Crippen LogP contribution is -2.71. The molecule has 3 fully saturated rings. The Labute approximate surface area is 172 Å². The number of carboxylic acids is 1. The molecule has 0 bridgehead atoms. The molecule has 0 aromatic heterocycles. The van der Waals surface area contributed by atoms with Crippen LogP contribution in [0, 0.1) is 5.92 Å². The molecule has 5 aliphatic heterocycles. The van der Waals surface area contributed by atoms with Crippen LogP contribution in [0.15, 0.2) is 17.1 Å². The second-order valence-corrected chi connectivity index (χ2v) is 9.48. The molecule has 5 rings (SSSR count). The predicted molar refractivity (Wildman–Crippen MR) is 108 cm³/mol. The van der Waals surface area contributed by atoms with Gasteiger partial charge in [-0.25, -0.2) is 4.99 Å². The first-order valence-electron chi connectivity index (χ1n) is 11.4. The number of nitrogens with one attached hydrogen (secondary N) is 1. The Bertz CT molecular complexity index is 740. The van der Waals surface area contributed by atoms with Gasteiger partial charge in [0, 0.05) is 12.5 Å². The van der Waals surface area contributed by atoms with E-state index in [2.05, 4.69) is 29.3 Å². The maximum atomic E-state index is 12.4. The van der Waals surface area contributed by atoms with Crippen LogP contribution in [0.1, 0.15) is 71.6 Å². The van der Waals surface area contributed by atoms with E-state index in [4.69, 9.17) is 14.5 Å². The first-order valence-corrected chi connectivity index (χ1v) is 11.4. The summed E-state index contributed by atoms with van der Waals surface area (Å²) in [6, 6.07) is 0.210. The molecule has 0 aromatic carbocycles. The second kappa shape index (κ2) is 6.98. The number of carboxylic acid groups (broad SMARTS) is 1. The van der Waals surface area contributed by atoms with Crippen molar-refractivity contribution in [1.29, 1.82) is 0 Å². The topological polar surface area (TPSA) is 83.4 Å². The van der Waals surface area contributed by atoms with Crippen molar-refractivity contribution in [3.05, 3.63) is 12.2 Å². The Morgan fingerprint density at radius 2 is 2.21 bits per heavy atom. The monoisotopic (exact) mass is 403 g/mol. The molecule has 0 radical (unpaired) electrons. The van der Waals surface area contributed by atoms with Gasteiger partial charge in [-0.2, -0.15) is 0 Å². The van der Waals surface area contributed by atoms with Crippen molar-refractivity contribution < 1.29 is 19.4 Å². The number of ether oxygens (including phenoxy) is 2. The maximum Gasteiger partial charge on any atom is 0.313 e. The average Bonchev–Trinajstić information content (AvgIpc) is 2.96. The Morgan fingerprint density at radius 3 is 2.97 bits per heavy atom. The standard InChI is InChI=1S/C22H33N3O4/c1-3-16-8-4-5-11-21(29-16)13-15-9-10-17-18(19(26)27)22(12-6-7-14(2)28-22)24-20(23-21)25(15)17/h4,8,14-18H,3,5-7,9-13H2,1-2H3,(H,23,24)(H,26,27). The molecule has 0 aromatic rings. The van der Waals surface area contributed by atoms with E-state index in [1.54, 1.807) is 0 Å². The fraction of sp³-hybridized carbons (Fsp3) is 0.818. The van der Waals surface area contributed by atoms with Crippen LogP contribution in [-0.2, 0) is 14.3 Å². The van der Waals surface area contributed by atoms with Crippen molar-refractivity contribution in [2.75, 3.05) is 0 Å². The summed E-state index contributed by atoms with van der Waals surface area (Å²) in [5, 5.41) is 13.8. The lowest BCUT2D eigenvalue weighted by molar-refractivity contribution is -0.190. The Hall–Kier alpha value is -1.60. The number of allylic oxidation sites excluding steroid dienone is 1. The minimum atomic E-state index is -0.965. The van der Waals surface area contributed by atoms with E-state index in [0.717, 1.165) is 57.3 Å². The summed E-state index contributed by atoms with van der Waals surface area (Å²) in [6.07, 6.45) is 12.6. The van der Waals surface area contributed by atoms with Crippen molar-refractivity contribution in [2.24, 2.45) is 10.9 Å². The number of guanidine groups is 1. The van der Waals surface area contributed by atoms with Crippen LogP contribution < -0.4 is 5.32 Å². The van der Waals surface area contributed by atoms with Crippen molar-refractivity contribution in [1.82, 2.24) is 10.2 Å². The maximum absolute atomic E-state index is 12.4. The lowest BCUT2D eigenvalue weighted by atomic mass is 9.80. The third-order valence-electron chi connectivity index (χ3n) is 7.52. The van der Waals surface area contributed by atoms with Gasteiger partial charge in [0.25, 0.3) is 0 Å². The zero-order valence-corrected chi connectivity index (χ0v) is 17.5.